The zero-order valence-electron chi connectivity index (χ0n) is 7.88. The van der Waals surface area contributed by atoms with Crippen LogP contribution in [0.15, 0.2) is 30.3 Å². The van der Waals surface area contributed by atoms with E-state index in [9.17, 15) is 9.59 Å². The zero-order valence-corrected chi connectivity index (χ0v) is 12.9. The van der Waals surface area contributed by atoms with E-state index in [0.717, 1.165) is 10.5 Å². The van der Waals surface area contributed by atoms with Gasteiger partial charge < -0.3 is 21.4 Å². The van der Waals surface area contributed by atoms with Gasteiger partial charge in [0, 0.05) is 0 Å². The molecule has 0 aromatic heterocycles. The molecule has 0 spiro atoms. The van der Waals surface area contributed by atoms with Crippen LogP contribution in [0.25, 0.3) is 0 Å². The molecule has 1 aromatic rings. The Kier molecular flexibility index (Phi) is 6.99. The first kappa shape index (κ1) is 14.8. The third kappa shape index (κ3) is 4.02. The fraction of sp³-hybridized carbons (Fsp3) is 0.100. The molecule has 0 radical (unpaired) electrons. The Labute approximate surface area is 118 Å². The molecule has 0 aliphatic rings. The van der Waals surface area contributed by atoms with Crippen molar-refractivity contribution < 1.29 is 40.7 Å². The van der Waals surface area contributed by atoms with Crippen molar-refractivity contribution in [3.63, 3.8) is 0 Å². The van der Waals surface area contributed by atoms with Gasteiger partial charge in [-0.15, -0.1) is 0 Å². The Morgan fingerprint density at radius 1 is 1.40 bits per heavy atom. The van der Waals surface area contributed by atoms with Crippen LogP contribution in [0.2, 0.25) is 0 Å². The summed E-state index contributed by atoms with van der Waals surface area (Å²) in [6.45, 7) is 3.69. The van der Waals surface area contributed by atoms with Crippen LogP contribution in [-0.4, -0.2) is 16.5 Å². The zero-order chi connectivity index (χ0) is 10.6. The minimum atomic E-state index is -0.663. The van der Waals surface area contributed by atoms with Crippen molar-refractivity contribution in [2.75, 3.05) is 0 Å². The van der Waals surface area contributed by atoms with E-state index in [-0.39, 0.29) is 31.1 Å². The van der Waals surface area contributed by atoms with Crippen molar-refractivity contribution in [3.8, 4) is 0 Å². The number of hydrogen-bond donors (Lipinski definition) is 1. The number of rotatable bonds is 3. The minimum absolute atomic E-state index is 0. The SMILES string of the molecule is [CH2-][C@H](c1ccccc1)N([C-]=O)C(=O)S.[U+2]. The first-order valence-corrected chi connectivity index (χ1v) is 4.39. The predicted octanol–water partition coefficient (Wildman–Crippen LogP) is 1.98. The van der Waals surface area contributed by atoms with E-state index < -0.39 is 11.3 Å². The monoisotopic (exact) mass is 445 g/mol. The largest absolute Gasteiger partial charge is 2.00 e. The van der Waals surface area contributed by atoms with E-state index in [2.05, 4.69) is 19.6 Å². The molecule has 0 aliphatic heterocycles. The van der Waals surface area contributed by atoms with Crippen LogP contribution >= 0.6 is 12.6 Å². The van der Waals surface area contributed by atoms with E-state index in [1.54, 1.807) is 24.3 Å². The van der Waals surface area contributed by atoms with Crippen LogP contribution in [0.5, 0.6) is 0 Å². The molecule has 0 bridgehead atoms. The summed E-state index contributed by atoms with van der Waals surface area (Å²) in [5, 5.41) is -0.663. The topological polar surface area (TPSA) is 37.4 Å². The smallest absolute Gasteiger partial charge is 0.460 e. The van der Waals surface area contributed by atoms with Crippen molar-refractivity contribution in [1.82, 2.24) is 4.90 Å². The third-order valence-electron chi connectivity index (χ3n) is 1.80. The van der Waals surface area contributed by atoms with E-state index in [1.165, 1.54) is 6.41 Å². The van der Waals surface area contributed by atoms with Crippen LogP contribution in [0, 0.1) is 38.0 Å². The molecule has 0 unspecified atom stereocenters. The first-order valence-electron chi connectivity index (χ1n) is 3.94. The number of carbonyl (C=O) groups excluding carboxylic acids is 2. The normalized spacial score (nSPS) is 11.1. The third-order valence-corrected chi connectivity index (χ3v) is 2.02. The summed E-state index contributed by atoms with van der Waals surface area (Å²) in [5.74, 6) is 0. The van der Waals surface area contributed by atoms with Gasteiger partial charge in [0.05, 0.1) is 6.41 Å². The second-order valence-electron chi connectivity index (χ2n) is 2.67. The van der Waals surface area contributed by atoms with Crippen molar-refractivity contribution in [3.05, 3.63) is 42.8 Å². The average Bonchev–Trinajstić information content (AvgIpc) is 2.19. The number of nitrogens with zero attached hydrogens (tertiary/aromatic N) is 1. The van der Waals surface area contributed by atoms with Crippen LogP contribution < -0.4 is 0 Å². The van der Waals surface area contributed by atoms with Gasteiger partial charge in [-0.3, -0.25) is 0 Å². The molecular formula is C10H9NO2SU. The van der Waals surface area contributed by atoms with Gasteiger partial charge in [-0.2, -0.15) is 12.6 Å². The van der Waals surface area contributed by atoms with Crippen molar-refractivity contribution in [1.29, 1.82) is 0 Å². The first-order chi connectivity index (χ1) is 6.66. The number of imide groups is 1. The standard InChI is InChI=1S/C10H9NO2S.U/c1-8(11(7-12)10(13)14)9-5-3-2-4-6-9;/h2-6,8H,1H2,(H,13,14);/q-2;+2/t8-;/m1./s1. The van der Waals surface area contributed by atoms with Crippen LogP contribution in [0.4, 0.5) is 4.79 Å². The Balaban J connectivity index is 0.00000196. The van der Waals surface area contributed by atoms with Crippen LogP contribution in [-0.2, 0) is 4.79 Å². The molecule has 15 heavy (non-hydrogen) atoms. The van der Waals surface area contributed by atoms with Crippen molar-refractivity contribution in [2.45, 2.75) is 6.04 Å². The summed E-state index contributed by atoms with van der Waals surface area (Å²) in [5.41, 5.74) is 0.762. The van der Waals surface area contributed by atoms with Crippen LogP contribution in [0.1, 0.15) is 11.6 Å². The maximum absolute atomic E-state index is 10.9. The maximum Gasteiger partial charge on any atom is 2.00 e. The summed E-state index contributed by atoms with van der Waals surface area (Å²) in [6.07, 6.45) is 1.49. The molecule has 0 aliphatic carbocycles. The number of benzene rings is 1. The number of carbonyl (C=O) groups is 1. The molecule has 0 saturated heterocycles. The van der Waals surface area contributed by atoms with Gasteiger partial charge in [-0.1, -0.05) is 41.9 Å². The molecule has 0 saturated carbocycles. The summed E-state index contributed by atoms with van der Waals surface area (Å²) in [4.78, 5) is 22.1. The Morgan fingerprint density at radius 2 is 1.93 bits per heavy atom. The van der Waals surface area contributed by atoms with Gasteiger partial charge >= 0.3 is 31.1 Å². The van der Waals surface area contributed by atoms with E-state index in [0.29, 0.717) is 0 Å². The number of hydrogen-bond acceptors (Lipinski definition) is 2. The van der Waals surface area contributed by atoms with Gasteiger partial charge in [0.1, 0.15) is 5.24 Å². The Hall–Kier alpha value is -0.238. The summed E-state index contributed by atoms with van der Waals surface area (Å²) >= 11 is 3.55. The van der Waals surface area contributed by atoms with E-state index in [1.807, 2.05) is 6.07 Å². The predicted molar refractivity (Wildman–Crippen MR) is 56.5 cm³/mol. The second-order valence-corrected chi connectivity index (χ2v) is 3.05. The van der Waals surface area contributed by atoms with Gasteiger partial charge in [0.2, 0.25) is 0 Å². The molecule has 0 N–H and O–H groups in total. The van der Waals surface area contributed by atoms with E-state index in [4.69, 9.17) is 0 Å². The summed E-state index contributed by atoms with van der Waals surface area (Å²) in [6, 6.07) is 8.42. The quantitative estimate of drug-likeness (QED) is 0.439. The summed E-state index contributed by atoms with van der Waals surface area (Å²) < 4.78 is 0. The molecule has 1 atom stereocenters. The molecular weight excluding hydrogens is 436 g/mol. The molecule has 5 heteroatoms. The van der Waals surface area contributed by atoms with Crippen LogP contribution in [0.3, 0.4) is 0 Å². The fourth-order valence-electron chi connectivity index (χ4n) is 1.06. The maximum atomic E-state index is 10.9. The summed E-state index contributed by atoms with van der Waals surface area (Å²) in [7, 11) is 0. The molecule has 76 valence electrons. The fourth-order valence-corrected chi connectivity index (χ4v) is 1.24. The number of thiol groups is 1. The van der Waals surface area contributed by atoms with Crippen molar-refractivity contribution in [2.24, 2.45) is 0 Å². The van der Waals surface area contributed by atoms with E-state index >= 15 is 0 Å². The molecule has 1 rings (SSSR count). The van der Waals surface area contributed by atoms with Gasteiger partial charge in [0.25, 0.3) is 0 Å². The Morgan fingerprint density at radius 3 is 2.33 bits per heavy atom. The van der Waals surface area contributed by atoms with Gasteiger partial charge in [-0.25, -0.2) is 0 Å². The minimum Gasteiger partial charge on any atom is -0.460 e. The number of amides is 2. The molecule has 3 nitrogen and oxygen atoms in total. The van der Waals surface area contributed by atoms with Crippen molar-refractivity contribution >= 4 is 24.3 Å². The molecule has 0 fully saturated rings. The van der Waals surface area contributed by atoms with Gasteiger partial charge in [-0.05, 0) is 0 Å². The average molecular weight is 445 g/mol. The molecule has 1 aromatic carbocycles. The Bertz CT molecular complexity index is 331. The van der Waals surface area contributed by atoms with Gasteiger partial charge in [0.15, 0.2) is 0 Å². The second kappa shape index (κ2) is 7.10. The molecule has 2 amide bonds. The molecule has 0 heterocycles.